The van der Waals surface area contributed by atoms with Gasteiger partial charge in [0, 0.05) is 30.7 Å². The van der Waals surface area contributed by atoms with E-state index in [1.807, 2.05) is 13.8 Å². The quantitative estimate of drug-likeness (QED) is 0.797. The molecule has 2 aromatic heterocycles. The third-order valence-corrected chi connectivity index (χ3v) is 5.75. The van der Waals surface area contributed by atoms with Crippen molar-refractivity contribution in [3.63, 3.8) is 0 Å². The highest BCUT2D eigenvalue weighted by Gasteiger charge is 2.39. The first kappa shape index (κ1) is 19.8. The maximum absolute atomic E-state index is 9.30. The van der Waals surface area contributed by atoms with Gasteiger partial charge in [0.1, 0.15) is 17.3 Å². The van der Waals surface area contributed by atoms with Crippen molar-refractivity contribution in [2.24, 2.45) is 0 Å². The fraction of sp³-hybridized carbons (Fsp3) is 0.619. The molecule has 1 saturated heterocycles. The Balaban J connectivity index is 1.69. The summed E-state index contributed by atoms with van der Waals surface area (Å²) < 4.78 is 5.57. The van der Waals surface area contributed by atoms with Crippen LogP contribution in [-0.2, 0) is 4.74 Å². The second-order valence-corrected chi connectivity index (χ2v) is 8.22. The molecule has 2 aliphatic rings. The Hall–Kier alpha value is -2.50. The van der Waals surface area contributed by atoms with E-state index in [1.165, 1.54) is 19.3 Å². The Kier molecular flexibility index (Phi) is 5.79. The number of nitriles is 1. The number of rotatable bonds is 5. The molecule has 1 aliphatic heterocycles. The van der Waals surface area contributed by atoms with Gasteiger partial charge in [-0.1, -0.05) is 6.42 Å². The molecule has 8 heteroatoms. The Morgan fingerprint density at radius 1 is 1.17 bits per heavy atom. The molecule has 2 aromatic rings. The zero-order valence-electron chi connectivity index (χ0n) is 17.2. The predicted molar refractivity (Wildman–Crippen MR) is 113 cm³/mol. The fourth-order valence-corrected chi connectivity index (χ4v) is 4.39. The predicted octanol–water partition coefficient (Wildman–Crippen LogP) is 3.12. The molecule has 0 aromatic carbocycles. The van der Waals surface area contributed by atoms with Crippen LogP contribution >= 0.6 is 0 Å². The zero-order valence-corrected chi connectivity index (χ0v) is 17.2. The molecule has 0 unspecified atom stereocenters. The molecule has 1 saturated carbocycles. The Bertz CT molecular complexity index is 896. The lowest BCUT2D eigenvalue weighted by molar-refractivity contribution is -0.0258. The molecule has 1 aliphatic carbocycles. The highest BCUT2D eigenvalue weighted by molar-refractivity contribution is 5.89. The van der Waals surface area contributed by atoms with E-state index in [-0.39, 0.29) is 11.7 Å². The minimum Gasteiger partial charge on any atom is -0.379 e. The Labute approximate surface area is 171 Å². The number of aromatic nitrogens is 3. The summed E-state index contributed by atoms with van der Waals surface area (Å²) in [5.41, 5.74) is 0.978. The van der Waals surface area contributed by atoms with Crippen LogP contribution in [0.1, 0.15) is 51.6 Å². The number of fused-ring (bicyclic) bond motifs is 1. The molecule has 2 N–H and O–H groups in total. The molecule has 0 atom stereocenters. The van der Waals surface area contributed by atoms with Gasteiger partial charge >= 0.3 is 0 Å². The number of pyridine rings is 1. The lowest BCUT2D eigenvalue weighted by atomic mass is 9.87. The van der Waals surface area contributed by atoms with Gasteiger partial charge in [-0.3, -0.25) is 4.90 Å². The zero-order chi connectivity index (χ0) is 20.3. The van der Waals surface area contributed by atoms with E-state index in [1.54, 1.807) is 12.3 Å². The largest absolute Gasteiger partial charge is 0.379 e. The van der Waals surface area contributed by atoms with Gasteiger partial charge in [0.15, 0.2) is 5.82 Å². The van der Waals surface area contributed by atoms with Crippen LogP contribution in [0.15, 0.2) is 12.3 Å². The molecule has 3 heterocycles. The smallest absolute Gasteiger partial charge is 0.224 e. The minimum atomic E-state index is -0.124. The summed E-state index contributed by atoms with van der Waals surface area (Å²) in [5.74, 6) is 1.24. The molecule has 4 rings (SSSR count). The molecule has 0 bridgehead atoms. The van der Waals surface area contributed by atoms with E-state index in [0.29, 0.717) is 17.5 Å². The fourth-order valence-electron chi connectivity index (χ4n) is 4.39. The van der Waals surface area contributed by atoms with E-state index in [2.05, 4.69) is 31.6 Å². The molecule has 0 amide bonds. The number of anilines is 2. The lowest BCUT2D eigenvalue weighted by Crippen LogP contribution is -2.59. The van der Waals surface area contributed by atoms with Crippen LogP contribution in [0.25, 0.3) is 10.9 Å². The van der Waals surface area contributed by atoms with E-state index >= 15 is 0 Å². The van der Waals surface area contributed by atoms with E-state index in [4.69, 9.17) is 9.72 Å². The van der Waals surface area contributed by atoms with Crippen LogP contribution in [0.5, 0.6) is 0 Å². The second kappa shape index (κ2) is 8.47. The van der Waals surface area contributed by atoms with Crippen molar-refractivity contribution in [2.45, 2.75) is 57.7 Å². The van der Waals surface area contributed by atoms with Crippen molar-refractivity contribution in [1.82, 2.24) is 19.9 Å². The van der Waals surface area contributed by atoms with Gasteiger partial charge in [0.2, 0.25) is 5.95 Å². The van der Waals surface area contributed by atoms with Crippen molar-refractivity contribution in [1.29, 1.82) is 5.26 Å². The summed E-state index contributed by atoms with van der Waals surface area (Å²) in [6.07, 6.45) is 7.62. The molecule has 2 fully saturated rings. The van der Waals surface area contributed by atoms with Gasteiger partial charge in [-0.05, 0) is 45.6 Å². The number of morpholine rings is 1. The second-order valence-electron chi connectivity index (χ2n) is 8.22. The van der Waals surface area contributed by atoms with Crippen LogP contribution in [0.3, 0.4) is 0 Å². The van der Waals surface area contributed by atoms with Crippen molar-refractivity contribution >= 4 is 22.7 Å². The number of ether oxygens (including phenoxy) is 1. The molecular formula is C21H29N7O. The summed E-state index contributed by atoms with van der Waals surface area (Å²) in [6.45, 7) is 7.48. The van der Waals surface area contributed by atoms with Crippen LogP contribution in [0.4, 0.5) is 11.8 Å². The normalized spacial score (nSPS) is 19.8. The van der Waals surface area contributed by atoms with Crippen molar-refractivity contribution in [3.05, 3.63) is 18.0 Å². The number of nitrogens with one attached hydrogen (secondary N) is 2. The summed E-state index contributed by atoms with van der Waals surface area (Å²) in [4.78, 5) is 16.4. The molecule has 29 heavy (non-hydrogen) atoms. The van der Waals surface area contributed by atoms with Crippen LogP contribution in [0, 0.1) is 11.3 Å². The monoisotopic (exact) mass is 395 g/mol. The van der Waals surface area contributed by atoms with E-state index in [9.17, 15) is 5.26 Å². The number of nitrogens with zero attached hydrogens (tertiary/aromatic N) is 5. The molecule has 0 spiro atoms. The van der Waals surface area contributed by atoms with Gasteiger partial charge in [-0.2, -0.15) is 5.26 Å². The van der Waals surface area contributed by atoms with Crippen molar-refractivity contribution < 1.29 is 4.74 Å². The van der Waals surface area contributed by atoms with E-state index in [0.717, 1.165) is 50.0 Å². The first-order valence-electron chi connectivity index (χ1n) is 10.5. The standard InChI is InChI=1S/C21H29N7O/c1-15(2)24-19-18-16(12-17(13-22)25-19)14-23-20(26-18)27-21(6-4-3-5-7-21)28-8-10-29-11-9-28/h12,14-15H,3-11H2,1-2H3,(H,24,25)(H,23,26,27). The lowest BCUT2D eigenvalue weighted by Gasteiger charge is -2.48. The number of hydrogen-bond donors (Lipinski definition) is 2. The molecule has 154 valence electrons. The maximum atomic E-state index is 9.30. The highest BCUT2D eigenvalue weighted by Crippen LogP contribution is 2.35. The number of hydrogen-bond acceptors (Lipinski definition) is 8. The summed E-state index contributed by atoms with van der Waals surface area (Å²) in [5, 5.41) is 17.1. The summed E-state index contributed by atoms with van der Waals surface area (Å²) in [6, 6.07) is 4.04. The average molecular weight is 396 g/mol. The summed E-state index contributed by atoms with van der Waals surface area (Å²) in [7, 11) is 0. The SMILES string of the molecule is CC(C)Nc1nc(C#N)cc2cnc(NC3(N4CCOCC4)CCCCC3)nc12. The Morgan fingerprint density at radius 3 is 2.62 bits per heavy atom. The Morgan fingerprint density at radius 2 is 1.93 bits per heavy atom. The first-order valence-corrected chi connectivity index (χ1v) is 10.5. The van der Waals surface area contributed by atoms with Crippen LogP contribution < -0.4 is 10.6 Å². The van der Waals surface area contributed by atoms with Crippen molar-refractivity contribution in [2.75, 3.05) is 36.9 Å². The average Bonchev–Trinajstić information content (AvgIpc) is 2.75. The summed E-state index contributed by atoms with van der Waals surface area (Å²) >= 11 is 0. The van der Waals surface area contributed by atoms with Gasteiger partial charge in [0.05, 0.1) is 18.9 Å². The third kappa shape index (κ3) is 4.26. The van der Waals surface area contributed by atoms with Crippen LogP contribution in [-0.4, -0.2) is 57.9 Å². The topological polar surface area (TPSA) is 99.0 Å². The van der Waals surface area contributed by atoms with Gasteiger partial charge in [0.25, 0.3) is 0 Å². The third-order valence-electron chi connectivity index (χ3n) is 5.75. The first-order chi connectivity index (χ1) is 14.1. The van der Waals surface area contributed by atoms with Gasteiger partial charge in [-0.15, -0.1) is 0 Å². The molecule has 0 radical (unpaired) electrons. The molecular weight excluding hydrogens is 366 g/mol. The van der Waals surface area contributed by atoms with Gasteiger partial charge in [-0.25, -0.2) is 15.0 Å². The van der Waals surface area contributed by atoms with E-state index < -0.39 is 0 Å². The van der Waals surface area contributed by atoms with Gasteiger partial charge < -0.3 is 15.4 Å². The molecule has 8 nitrogen and oxygen atoms in total. The highest BCUT2D eigenvalue weighted by atomic mass is 16.5. The minimum absolute atomic E-state index is 0.124. The van der Waals surface area contributed by atoms with Crippen molar-refractivity contribution in [3.8, 4) is 6.07 Å². The van der Waals surface area contributed by atoms with Crippen LogP contribution in [0.2, 0.25) is 0 Å². The maximum Gasteiger partial charge on any atom is 0.224 e.